The number of hydrogen-bond donors (Lipinski definition) is 1. The van der Waals surface area contributed by atoms with Gasteiger partial charge in [0.05, 0.1) is 12.7 Å². The van der Waals surface area contributed by atoms with Crippen LogP contribution in [0.25, 0.3) is 0 Å². The van der Waals surface area contributed by atoms with Crippen molar-refractivity contribution in [3.8, 4) is 0 Å². The number of likely N-dealkylation sites (N-methyl/N-ethyl adjacent to an activating group) is 1. The number of amides is 2. The van der Waals surface area contributed by atoms with Crippen molar-refractivity contribution in [3.63, 3.8) is 0 Å². The zero-order valence-corrected chi connectivity index (χ0v) is 14.1. The zero-order chi connectivity index (χ0) is 18.2. The largest absolute Gasteiger partial charge is 0.465 e. The maximum absolute atomic E-state index is 12.1. The van der Waals surface area contributed by atoms with Crippen molar-refractivity contribution in [1.82, 2.24) is 9.88 Å². The van der Waals surface area contributed by atoms with Gasteiger partial charge in [0.1, 0.15) is 0 Å². The van der Waals surface area contributed by atoms with E-state index in [1.807, 2.05) is 12.1 Å². The van der Waals surface area contributed by atoms with E-state index in [1.54, 1.807) is 19.4 Å². The van der Waals surface area contributed by atoms with Gasteiger partial charge in [-0.3, -0.25) is 14.6 Å². The Labute approximate surface area is 145 Å². The lowest BCUT2D eigenvalue weighted by atomic mass is 10.2. The molecule has 0 unspecified atom stereocenters. The lowest BCUT2D eigenvalue weighted by molar-refractivity contribution is -0.142. The molecule has 0 aliphatic heterocycles. The van der Waals surface area contributed by atoms with E-state index in [0.717, 1.165) is 5.56 Å². The van der Waals surface area contributed by atoms with Crippen LogP contribution in [0.1, 0.15) is 15.9 Å². The highest BCUT2D eigenvalue weighted by Crippen LogP contribution is 2.10. The molecule has 0 saturated heterocycles. The first-order valence-corrected chi connectivity index (χ1v) is 7.65. The van der Waals surface area contributed by atoms with E-state index in [4.69, 9.17) is 0 Å². The van der Waals surface area contributed by atoms with Crippen molar-refractivity contribution in [2.45, 2.75) is 6.42 Å². The molecule has 0 aliphatic carbocycles. The summed E-state index contributed by atoms with van der Waals surface area (Å²) >= 11 is 0. The third kappa shape index (κ3) is 5.13. The van der Waals surface area contributed by atoms with Gasteiger partial charge in [-0.15, -0.1) is 0 Å². The molecule has 1 heterocycles. The molecule has 1 N–H and O–H groups in total. The predicted octanol–water partition coefficient (Wildman–Crippen LogP) is 1.51. The molecule has 0 fully saturated rings. The van der Waals surface area contributed by atoms with E-state index in [2.05, 4.69) is 15.0 Å². The van der Waals surface area contributed by atoms with Gasteiger partial charge < -0.3 is 15.0 Å². The fourth-order valence-electron chi connectivity index (χ4n) is 2.11. The Balaban J connectivity index is 1.88. The van der Waals surface area contributed by atoms with Gasteiger partial charge in [-0.05, 0) is 48.4 Å². The minimum absolute atomic E-state index is 0.362. The molecule has 0 aliphatic rings. The number of ether oxygens (including phenoxy) is 1. The molecule has 7 nitrogen and oxygen atoms in total. The molecule has 0 radical (unpaired) electrons. The lowest BCUT2D eigenvalue weighted by Crippen LogP contribution is -2.38. The Hall–Kier alpha value is -3.22. The maximum atomic E-state index is 12.1. The Morgan fingerprint density at radius 1 is 1.08 bits per heavy atom. The molecule has 2 amide bonds. The summed E-state index contributed by atoms with van der Waals surface area (Å²) in [6, 6.07) is 9.82. The minimum Gasteiger partial charge on any atom is -0.465 e. The summed E-state index contributed by atoms with van der Waals surface area (Å²) in [5.41, 5.74) is 1.82. The van der Waals surface area contributed by atoms with Crippen molar-refractivity contribution in [2.75, 3.05) is 26.0 Å². The predicted molar refractivity (Wildman–Crippen MR) is 92.0 cm³/mol. The summed E-state index contributed by atoms with van der Waals surface area (Å²) in [5.74, 6) is -1.83. The normalized spacial score (nSPS) is 10.0. The van der Waals surface area contributed by atoms with Crippen LogP contribution in [-0.4, -0.2) is 48.4 Å². The van der Waals surface area contributed by atoms with E-state index >= 15 is 0 Å². The first kappa shape index (κ1) is 18.1. The van der Waals surface area contributed by atoms with Crippen LogP contribution in [0, 0.1) is 0 Å². The standard InChI is InChI=1S/C18H19N3O4/c1-21(12-9-13-7-10-19-11-8-13)17(23)16(22)20-15-5-3-14(4-6-15)18(24)25-2/h3-8,10-11H,9,12H2,1-2H3,(H,20,22). The summed E-state index contributed by atoms with van der Waals surface area (Å²) in [6.45, 7) is 0.414. The molecule has 0 bridgehead atoms. The number of nitrogens with one attached hydrogen (secondary N) is 1. The number of esters is 1. The molecule has 1 aromatic carbocycles. The van der Waals surface area contributed by atoms with Gasteiger partial charge in [0, 0.05) is 31.7 Å². The first-order valence-electron chi connectivity index (χ1n) is 7.65. The molecule has 0 spiro atoms. The molecule has 2 rings (SSSR count). The third-order valence-electron chi connectivity index (χ3n) is 3.59. The van der Waals surface area contributed by atoms with Gasteiger partial charge in [-0.1, -0.05) is 0 Å². The molecule has 2 aromatic rings. The number of carbonyl (C=O) groups excluding carboxylic acids is 3. The number of nitrogens with zero attached hydrogens (tertiary/aromatic N) is 2. The molecule has 1 aromatic heterocycles. The van der Waals surface area contributed by atoms with Crippen LogP contribution in [0.3, 0.4) is 0 Å². The number of rotatable bonds is 5. The Morgan fingerprint density at radius 3 is 2.32 bits per heavy atom. The quantitative estimate of drug-likeness (QED) is 0.658. The van der Waals surface area contributed by atoms with Crippen LogP contribution >= 0.6 is 0 Å². The SMILES string of the molecule is COC(=O)c1ccc(NC(=O)C(=O)N(C)CCc2ccncc2)cc1. The number of methoxy groups -OCH3 is 1. The fraction of sp³-hybridized carbons (Fsp3) is 0.222. The number of benzene rings is 1. The van der Waals surface area contributed by atoms with Crippen LogP contribution in [0.2, 0.25) is 0 Å². The number of carbonyl (C=O) groups is 3. The van der Waals surface area contributed by atoms with Crippen molar-refractivity contribution in [3.05, 3.63) is 59.9 Å². The monoisotopic (exact) mass is 341 g/mol. The highest BCUT2D eigenvalue weighted by molar-refractivity contribution is 6.39. The Morgan fingerprint density at radius 2 is 1.72 bits per heavy atom. The highest BCUT2D eigenvalue weighted by Gasteiger charge is 2.18. The first-order chi connectivity index (χ1) is 12.0. The minimum atomic E-state index is -0.733. The van der Waals surface area contributed by atoms with E-state index in [1.165, 1.54) is 36.3 Å². The number of pyridine rings is 1. The second-order valence-electron chi connectivity index (χ2n) is 5.36. The summed E-state index contributed by atoms with van der Waals surface area (Å²) < 4.78 is 4.60. The van der Waals surface area contributed by atoms with Gasteiger partial charge in [0.25, 0.3) is 0 Å². The van der Waals surface area contributed by atoms with Gasteiger partial charge in [-0.25, -0.2) is 4.79 Å². The van der Waals surface area contributed by atoms with Crippen LogP contribution in [-0.2, 0) is 20.7 Å². The topological polar surface area (TPSA) is 88.6 Å². The summed E-state index contributed by atoms with van der Waals surface area (Å²) in [5, 5.41) is 2.51. The van der Waals surface area contributed by atoms with Crippen molar-refractivity contribution in [1.29, 1.82) is 0 Å². The number of anilines is 1. The smallest absolute Gasteiger partial charge is 0.337 e. The average molecular weight is 341 g/mol. The van der Waals surface area contributed by atoms with Crippen LogP contribution in [0.5, 0.6) is 0 Å². The maximum Gasteiger partial charge on any atom is 0.337 e. The van der Waals surface area contributed by atoms with E-state index in [0.29, 0.717) is 24.2 Å². The Bertz CT molecular complexity index is 745. The molecular formula is C18H19N3O4. The number of hydrogen-bond acceptors (Lipinski definition) is 5. The van der Waals surface area contributed by atoms with E-state index in [-0.39, 0.29) is 0 Å². The molecule has 0 atom stereocenters. The molecule has 25 heavy (non-hydrogen) atoms. The van der Waals surface area contributed by atoms with E-state index < -0.39 is 17.8 Å². The lowest BCUT2D eigenvalue weighted by Gasteiger charge is -2.16. The third-order valence-corrected chi connectivity index (χ3v) is 3.59. The van der Waals surface area contributed by atoms with Gasteiger partial charge in [-0.2, -0.15) is 0 Å². The van der Waals surface area contributed by atoms with Crippen LogP contribution in [0.4, 0.5) is 5.69 Å². The molecule has 7 heteroatoms. The van der Waals surface area contributed by atoms with Crippen molar-refractivity contribution < 1.29 is 19.1 Å². The second kappa shape index (κ2) is 8.58. The molecular weight excluding hydrogens is 322 g/mol. The average Bonchev–Trinajstić information content (AvgIpc) is 2.66. The Kier molecular flexibility index (Phi) is 6.22. The van der Waals surface area contributed by atoms with Crippen LogP contribution in [0.15, 0.2) is 48.8 Å². The van der Waals surface area contributed by atoms with Crippen molar-refractivity contribution >= 4 is 23.5 Å². The van der Waals surface area contributed by atoms with Crippen molar-refractivity contribution in [2.24, 2.45) is 0 Å². The summed E-state index contributed by atoms with van der Waals surface area (Å²) in [6.07, 6.45) is 4.00. The second-order valence-corrected chi connectivity index (χ2v) is 5.36. The summed E-state index contributed by atoms with van der Waals surface area (Å²) in [7, 11) is 2.86. The summed E-state index contributed by atoms with van der Waals surface area (Å²) in [4.78, 5) is 40.8. The van der Waals surface area contributed by atoms with Gasteiger partial charge in [0.2, 0.25) is 0 Å². The number of aromatic nitrogens is 1. The fourth-order valence-corrected chi connectivity index (χ4v) is 2.11. The van der Waals surface area contributed by atoms with Crippen LogP contribution < -0.4 is 5.32 Å². The molecule has 130 valence electrons. The zero-order valence-electron chi connectivity index (χ0n) is 14.1. The molecule has 0 saturated carbocycles. The van der Waals surface area contributed by atoms with Gasteiger partial charge >= 0.3 is 17.8 Å². The highest BCUT2D eigenvalue weighted by atomic mass is 16.5. The van der Waals surface area contributed by atoms with Gasteiger partial charge in [0.15, 0.2) is 0 Å². The van der Waals surface area contributed by atoms with E-state index in [9.17, 15) is 14.4 Å².